The van der Waals surface area contributed by atoms with Crippen molar-refractivity contribution in [3.8, 4) is 0 Å². The average molecular weight is 302 g/mol. The van der Waals surface area contributed by atoms with Crippen molar-refractivity contribution in [2.24, 2.45) is 5.73 Å². The number of hydrogen-bond acceptors (Lipinski definition) is 4. The molecule has 0 aliphatic carbocycles. The second-order valence-electron chi connectivity index (χ2n) is 4.13. The Hall–Kier alpha value is -1.02. The van der Waals surface area contributed by atoms with Gasteiger partial charge in [-0.05, 0) is 12.5 Å². The molecule has 1 rings (SSSR count). The quantitative estimate of drug-likeness (QED) is 0.716. The van der Waals surface area contributed by atoms with E-state index in [0.717, 1.165) is 5.56 Å². The van der Waals surface area contributed by atoms with Gasteiger partial charge in [-0.2, -0.15) is 4.31 Å². The standard InChI is InChI=1S/C12H18N2O3S2/c1-10(12(13)18)19(16,17)14(7-8-15)9-11-5-3-2-4-6-11/h2-6,10,15H,7-9H2,1H3,(H2,13,18). The van der Waals surface area contributed by atoms with Gasteiger partial charge in [0.2, 0.25) is 10.0 Å². The van der Waals surface area contributed by atoms with Crippen LogP contribution in [0.4, 0.5) is 0 Å². The third-order valence-electron chi connectivity index (χ3n) is 2.76. The van der Waals surface area contributed by atoms with Crippen molar-refractivity contribution in [3.05, 3.63) is 35.9 Å². The Kier molecular flexibility index (Phi) is 5.86. The Morgan fingerprint density at radius 1 is 1.42 bits per heavy atom. The lowest BCUT2D eigenvalue weighted by Crippen LogP contribution is -2.43. The molecule has 1 unspecified atom stereocenters. The number of aliphatic hydroxyl groups excluding tert-OH is 1. The zero-order valence-corrected chi connectivity index (χ0v) is 12.3. The first kappa shape index (κ1) is 16.0. The van der Waals surface area contributed by atoms with E-state index in [-0.39, 0.29) is 24.7 Å². The average Bonchev–Trinajstić information content (AvgIpc) is 2.38. The lowest BCUT2D eigenvalue weighted by molar-refractivity contribution is 0.251. The summed E-state index contributed by atoms with van der Waals surface area (Å²) >= 11 is 4.74. The van der Waals surface area contributed by atoms with Gasteiger partial charge in [0.05, 0.1) is 11.6 Å². The fraction of sp³-hybridized carbons (Fsp3) is 0.417. The van der Waals surface area contributed by atoms with Gasteiger partial charge in [-0.3, -0.25) is 0 Å². The van der Waals surface area contributed by atoms with Gasteiger partial charge < -0.3 is 10.8 Å². The van der Waals surface area contributed by atoms with E-state index in [0.29, 0.717) is 0 Å². The van der Waals surface area contributed by atoms with Crippen LogP contribution in [0.2, 0.25) is 0 Å². The van der Waals surface area contributed by atoms with Crippen molar-refractivity contribution >= 4 is 27.2 Å². The molecule has 19 heavy (non-hydrogen) atoms. The predicted molar refractivity (Wildman–Crippen MR) is 79.1 cm³/mol. The largest absolute Gasteiger partial charge is 0.395 e. The van der Waals surface area contributed by atoms with Gasteiger partial charge in [0.15, 0.2) is 0 Å². The van der Waals surface area contributed by atoms with E-state index < -0.39 is 15.3 Å². The van der Waals surface area contributed by atoms with Gasteiger partial charge in [-0.1, -0.05) is 42.5 Å². The molecule has 7 heteroatoms. The van der Waals surface area contributed by atoms with Crippen LogP contribution in [0.1, 0.15) is 12.5 Å². The van der Waals surface area contributed by atoms with Gasteiger partial charge in [-0.25, -0.2) is 8.42 Å². The third kappa shape index (κ3) is 4.24. The zero-order chi connectivity index (χ0) is 14.5. The molecule has 1 aromatic carbocycles. The number of benzene rings is 1. The highest BCUT2D eigenvalue weighted by Crippen LogP contribution is 2.14. The molecule has 0 bridgehead atoms. The SMILES string of the molecule is CC(C(N)=S)S(=O)(=O)N(CCO)Cc1ccccc1. The molecule has 0 aliphatic heterocycles. The van der Waals surface area contributed by atoms with Crippen LogP contribution < -0.4 is 5.73 Å². The topological polar surface area (TPSA) is 83.6 Å². The van der Waals surface area contributed by atoms with Crippen molar-refractivity contribution in [1.82, 2.24) is 4.31 Å². The van der Waals surface area contributed by atoms with Crippen LogP contribution in [0.15, 0.2) is 30.3 Å². The van der Waals surface area contributed by atoms with Crippen LogP contribution in [0, 0.1) is 0 Å². The Morgan fingerprint density at radius 2 is 2.00 bits per heavy atom. The fourth-order valence-electron chi connectivity index (χ4n) is 1.57. The molecule has 1 atom stereocenters. The van der Waals surface area contributed by atoms with Gasteiger partial charge in [0, 0.05) is 13.1 Å². The summed E-state index contributed by atoms with van der Waals surface area (Å²) in [5, 5.41) is 8.08. The number of nitrogens with two attached hydrogens (primary N) is 1. The van der Waals surface area contributed by atoms with Crippen LogP contribution in [-0.4, -0.2) is 41.2 Å². The van der Waals surface area contributed by atoms with Crippen molar-refractivity contribution < 1.29 is 13.5 Å². The van der Waals surface area contributed by atoms with Crippen LogP contribution in [0.5, 0.6) is 0 Å². The minimum Gasteiger partial charge on any atom is -0.395 e. The van der Waals surface area contributed by atoms with Gasteiger partial charge in [0.1, 0.15) is 5.25 Å². The first-order valence-corrected chi connectivity index (χ1v) is 7.73. The maximum absolute atomic E-state index is 12.3. The van der Waals surface area contributed by atoms with E-state index in [4.69, 9.17) is 23.1 Å². The van der Waals surface area contributed by atoms with Gasteiger partial charge in [0.25, 0.3) is 0 Å². The molecule has 0 aliphatic rings. The summed E-state index contributed by atoms with van der Waals surface area (Å²) in [4.78, 5) is -0.0731. The molecular weight excluding hydrogens is 284 g/mol. The second-order valence-corrected chi connectivity index (χ2v) is 6.86. The van der Waals surface area contributed by atoms with E-state index in [1.807, 2.05) is 30.3 Å². The Morgan fingerprint density at radius 3 is 2.47 bits per heavy atom. The van der Waals surface area contributed by atoms with E-state index in [9.17, 15) is 8.42 Å². The Balaban J connectivity index is 2.97. The Bertz CT molecular complexity index is 517. The number of thiocarbonyl (C=S) groups is 1. The lowest BCUT2D eigenvalue weighted by atomic mass is 10.2. The van der Waals surface area contributed by atoms with Crippen LogP contribution in [-0.2, 0) is 16.6 Å². The summed E-state index contributed by atoms with van der Waals surface area (Å²) in [7, 11) is -3.65. The van der Waals surface area contributed by atoms with Gasteiger partial charge in [-0.15, -0.1) is 0 Å². The molecule has 5 nitrogen and oxygen atoms in total. The van der Waals surface area contributed by atoms with Crippen LogP contribution in [0.25, 0.3) is 0 Å². The van der Waals surface area contributed by atoms with E-state index in [2.05, 4.69) is 0 Å². The Labute approximate surface area is 119 Å². The molecule has 0 heterocycles. The van der Waals surface area contributed by atoms with Gasteiger partial charge >= 0.3 is 0 Å². The monoisotopic (exact) mass is 302 g/mol. The highest BCUT2D eigenvalue weighted by Gasteiger charge is 2.30. The maximum Gasteiger partial charge on any atom is 0.223 e. The number of rotatable bonds is 7. The van der Waals surface area contributed by atoms with Crippen LogP contribution in [0.3, 0.4) is 0 Å². The van der Waals surface area contributed by atoms with Crippen molar-refractivity contribution in [3.63, 3.8) is 0 Å². The molecule has 0 spiro atoms. The molecule has 0 saturated carbocycles. The summed E-state index contributed by atoms with van der Waals surface area (Å²) in [5.41, 5.74) is 6.25. The molecule has 3 N–H and O–H groups in total. The minimum atomic E-state index is -3.65. The minimum absolute atomic E-state index is 0.0180. The summed E-state index contributed by atoms with van der Waals surface area (Å²) in [6, 6.07) is 9.16. The maximum atomic E-state index is 12.3. The van der Waals surface area contributed by atoms with Crippen LogP contribution >= 0.6 is 12.2 Å². The summed E-state index contributed by atoms with van der Waals surface area (Å²) in [5.74, 6) is 0. The molecule has 0 fully saturated rings. The second kappa shape index (κ2) is 6.95. The molecule has 0 saturated heterocycles. The highest BCUT2D eigenvalue weighted by atomic mass is 32.2. The number of sulfonamides is 1. The molecule has 0 radical (unpaired) electrons. The van der Waals surface area contributed by atoms with Crippen molar-refractivity contribution in [2.75, 3.05) is 13.2 Å². The molecular formula is C12H18N2O3S2. The van der Waals surface area contributed by atoms with E-state index >= 15 is 0 Å². The molecule has 1 aromatic rings. The van der Waals surface area contributed by atoms with E-state index in [1.54, 1.807) is 0 Å². The first-order chi connectivity index (χ1) is 8.89. The summed E-state index contributed by atoms with van der Waals surface area (Å²) < 4.78 is 25.8. The predicted octanol–water partition coefficient (Wildman–Crippen LogP) is 0.485. The number of nitrogens with zero attached hydrogens (tertiary/aromatic N) is 1. The fourth-order valence-corrected chi connectivity index (χ4v) is 3.34. The summed E-state index contributed by atoms with van der Waals surface area (Å²) in [6.45, 7) is 1.41. The third-order valence-corrected chi connectivity index (χ3v) is 5.44. The van der Waals surface area contributed by atoms with Crippen molar-refractivity contribution in [1.29, 1.82) is 0 Å². The van der Waals surface area contributed by atoms with Crippen molar-refractivity contribution in [2.45, 2.75) is 18.7 Å². The first-order valence-electron chi connectivity index (χ1n) is 5.82. The zero-order valence-electron chi connectivity index (χ0n) is 10.7. The normalized spacial score (nSPS) is 13.4. The number of aliphatic hydroxyl groups is 1. The smallest absolute Gasteiger partial charge is 0.223 e. The van der Waals surface area contributed by atoms with E-state index in [1.165, 1.54) is 11.2 Å². The summed E-state index contributed by atoms with van der Waals surface area (Å²) in [6.07, 6.45) is 0. The molecule has 106 valence electrons. The lowest BCUT2D eigenvalue weighted by Gasteiger charge is -2.24. The molecule has 0 aromatic heterocycles. The molecule has 0 amide bonds. The highest BCUT2D eigenvalue weighted by molar-refractivity contribution is 7.92. The number of hydrogen-bond donors (Lipinski definition) is 2.